The number of benzene rings is 1. The number of aromatic nitrogens is 2. The van der Waals surface area contributed by atoms with Crippen LogP contribution in [0.4, 0.5) is 0 Å². The second-order valence-electron chi connectivity index (χ2n) is 6.36. The number of carbonyl (C=O) groups excluding carboxylic acids is 1. The van der Waals surface area contributed by atoms with E-state index in [2.05, 4.69) is 10.4 Å². The Morgan fingerprint density at radius 2 is 1.96 bits per heavy atom. The van der Waals surface area contributed by atoms with E-state index >= 15 is 0 Å². The minimum atomic E-state index is 0.0295. The van der Waals surface area contributed by atoms with Crippen molar-refractivity contribution in [3.05, 3.63) is 46.8 Å². The van der Waals surface area contributed by atoms with Crippen molar-refractivity contribution in [2.45, 2.75) is 46.7 Å². The Hall–Kier alpha value is -2.34. The highest BCUT2D eigenvalue weighted by Gasteiger charge is 2.12. The summed E-state index contributed by atoms with van der Waals surface area (Å²) in [6, 6.07) is 7.89. The fourth-order valence-electron chi connectivity index (χ4n) is 2.79. The molecule has 6 heteroatoms. The van der Waals surface area contributed by atoms with Crippen LogP contribution in [0.2, 0.25) is 0 Å². The molecule has 1 heterocycles. The molecule has 0 saturated heterocycles. The summed E-state index contributed by atoms with van der Waals surface area (Å²) in [6.45, 7) is 8.37. The van der Waals surface area contributed by atoms with Gasteiger partial charge in [-0.05, 0) is 38.8 Å². The zero-order valence-electron chi connectivity index (χ0n) is 16.2. The maximum absolute atomic E-state index is 12.1. The van der Waals surface area contributed by atoms with Crippen LogP contribution in [0.1, 0.15) is 35.4 Å². The van der Waals surface area contributed by atoms with Crippen LogP contribution in [-0.2, 0) is 22.6 Å². The highest BCUT2D eigenvalue weighted by molar-refractivity contribution is 5.75. The van der Waals surface area contributed by atoms with E-state index in [0.717, 1.165) is 28.3 Å². The third kappa shape index (κ3) is 5.59. The lowest BCUT2D eigenvalue weighted by Crippen LogP contribution is -2.23. The van der Waals surface area contributed by atoms with Gasteiger partial charge < -0.3 is 14.8 Å². The van der Waals surface area contributed by atoms with Crippen molar-refractivity contribution in [3.63, 3.8) is 0 Å². The smallest absolute Gasteiger partial charge is 0.220 e. The molecule has 0 bridgehead atoms. The van der Waals surface area contributed by atoms with Gasteiger partial charge >= 0.3 is 0 Å². The molecule has 2 aromatic rings. The largest absolute Gasteiger partial charge is 0.493 e. The highest BCUT2D eigenvalue weighted by Crippen LogP contribution is 2.16. The topological polar surface area (TPSA) is 65.4 Å². The molecule has 6 nitrogen and oxygen atoms in total. The van der Waals surface area contributed by atoms with Gasteiger partial charge in [0.15, 0.2) is 0 Å². The van der Waals surface area contributed by atoms with Crippen LogP contribution in [0, 0.1) is 20.8 Å². The number of hydrogen-bond donors (Lipinski definition) is 1. The number of amides is 1. The van der Waals surface area contributed by atoms with Crippen molar-refractivity contribution in [1.29, 1.82) is 0 Å². The fraction of sp³-hybridized carbons (Fsp3) is 0.500. The van der Waals surface area contributed by atoms with Crippen molar-refractivity contribution >= 4 is 5.91 Å². The molecule has 0 unspecified atom stereocenters. The van der Waals surface area contributed by atoms with Gasteiger partial charge in [-0.25, -0.2) is 0 Å². The van der Waals surface area contributed by atoms with Gasteiger partial charge in [0.25, 0.3) is 0 Å². The lowest BCUT2D eigenvalue weighted by Gasteiger charge is -2.09. The van der Waals surface area contributed by atoms with Crippen LogP contribution in [0.5, 0.6) is 5.75 Å². The number of ether oxygens (including phenoxy) is 2. The van der Waals surface area contributed by atoms with Crippen molar-refractivity contribution in [2.24, 2.45) is 0 Å². The first-order valence-electron chi connectivity index (χ1n) is 9.00. The molecule has 1 N–H and O–H groups in total. The van der Waals surface area contributed by atoms with Crippen molar-refractivity contribution in [2.75, 3.05) is 20.3 Å². The molecule has 0 radical (unpaired) electrons. The van der Waals surface area contributed by atoms with Crippen molar-refractivity contribution in [1.82, 2.24) is 15.1 Å². The predicted molar refractivity (Wildman–Crippen MR) is 101 cm³/mol. The fourth-order valence-corrected chi connectivity index (χ4v) is 2.79. The van der Waals surface area contributed by atoms with Crippen LogP contribution in [0.15, 0.2) is 24.3 Å². The van der Waals surface area contributed by atoms with Crippen LogP contribution in [0.25, 0.3) is 0 Å². The molecule has 142 valence electrons. The summed E-state index contributed by atoms with van der Waals surface area (Å²) in [6.07, 6.45) is 1.13. The molecule has 2 rings (SSSR count). The Morgan fingerprint density at radius 1 is 1.19 bits per heavy atom. The second kappa shape index (κ2) is 9.97. The highest BCUT2D eigenvalue weighted by atomic mass is 16.5. The Balaban J connectivity index is 1.73. The number of para-hydroxylation sites is 1. The molecule has 0 fully saturated rings. The van der Waals surface area contributed by atoms with Gasteiger partial charge in [0.2, 0.25) is 5.91 Å². The summed E-state index contributed by atoms with van der Waals surface area (Å²) in [5.74, 6) is 0.907. The van der Waals surface area contributed by atoms with E-state index in [1.807, 2.05) is 49.7 Å². The van der Waals surface area contributed by atoms with E-state index in [4.69, 9.17) is 9.47 Å². The summed E-state index contributed by atoms with van der Waals surface area (Å²) < 4.78 is 12.8. The molecule has 0 spiro atoms. The van der Waals surface area contributed by atoms with Gasteiger partial charge in [-0.15, -0.1) is 0 Å². The summed E-state index contributed by atoms with van der Waals surface area (Å²) in [5, 5.41) is 7.49. The van der Waals surface area contributed by atoms with Gasteiger partial charge in [-0.2, -0.15) is 5.10 Å². The first-order valence-corrected chi connectivity index (χ1v) is 9.00. The molecule has 0 atom stereocenters. The first kappa shape index (κ1) is 20.0. The van der Waals surface area contributed by atoms with Crippen LogP contribution < -0.4 is 10.1 Å². The Labute approximate surface area is 155 Å². The van der Waals surface area contributed by atoms with Crippen molar-refractivity contribution in [3.8, 4) is 5.75 Å². The maximum atomic E-state index is 12.1. The van der Waals surface area contributed by atoms with Gasteiger partial charge in [0.05, 0.1) is 25.5 Å². The van der Waals surface area contributed by atoms with Crippen LogP contribution in [0.3, 0.4) is 0 Å². The zero-order valence-corrected chi connectivity index (χ0v) is 16.2. The quantitative estimate of drug-likeness (QED) is 0.663. The normalized spacial score (nSPS) is 10.8. The average Bonchev–Trinajstić information content (AvgIpc) is 2.90. The lowest BCUT2D eigenvalue weighted by atomic mass is 10.2. The van der Waals surface area contributed by atoms with E-state index in [-0.39, 0.29) is 5.91 Å². The molecule has 1 aromatic heterocycles. The Morgan fingerprint density at radius 3 is 2.69 bits per heavy atom. The third-order valence-corrected chi connectivity index (χ3v) is 4.40. The first-order chi connectivity index (χ1) is 12.5. The molecular formula is C20H29N3O3. The standard InChI is InChI=1S/C20H29N3O3/c1-15-8-5-6-9-19(15)26-12-7-10-20(24)21-14-18-16(2)22-23(17(18)3)11-13-25-4/h5-6,8-9H,7,10-14H2,1-4H3,(H,21,24). The van der Waals surface area contributed by atoms with Crippen LogP contribution in [-0.4, -0.2) is 36.0 Å². The van der Waals surface area contributed by atoms with E-state index in [0.29, 0.717) is 39.1 Å². The number of aryl methyl sites for hydroxylation is 2. The molecule has 0 aliphatic rings. The number of nitrogens with one attached hydrogen (secondary N) is 1. The zero-order chi connectivity index (χ0) is 18.9. The number of nitrogens with zero attached hydrogens (tertiary/aromatic N) is 2. The van der Waals surface area contributed by atoms with Gasteiger partial charge in [-0.1, -0.05) is 18.2 Å². The van der Waals surface area contributed by atoms with Gasteiger partial charge in [0.1, 0.15) is 5.75 Å². The Bertz CT molecular complexity index is 725. The van der Waals surface area contributed by atoms with E-state index in [9.17, 15) is 4.79 Å². The summed E-state index contributed by atoms with van der Waals surface area (Å²) >= 11 is 0. The number of hydrogen-bond acceptors (Lipinski definition) is 4. The van der Waals surface area contributed by atoms with Gasteiger partial charge in [-0.3, -0.25) is 9.48 Å². The minimum absolute atomic E-state index is 0.0295. The summed E-state index contributed by atoms with van der Waals surface area (Å²) in [4.78, 5) is 12.1. The second-order valence-corrected chi connectivity index (χ2v) is 6.36. The number of rotatable bonds is 10. The van der Waals surface area contributed by atoms with Crippen molar-refractivity contribution < 1.29 is 14.3 Å². The summed E-state index contributed by atoms with van der Waals surface area (Å²) in [5.41, 5.74) is 4.20. The van der Waals surface area contributed by atoms with Crippen LogP contribution >= 0.6 is 0 Å². The molecular weight excluding hydrogens is 330 g/mol. The Kier molecular flexibility index (Phi) is 7.66. The molecule has 0 aliphatic heterocycles. The molecule has 0 aliphatic carbocycles. The van der Waals surface area contributed by atoms with E-state index in [1.54, 1.807) is 7.11 Å². The predicted octanol–water partition coefficient (Wildman–Crippen LogP) is 2.93. The molecule has 1 aromatic carbocycles. The third-order valence-electron chi connectivity index (χ3n) is 4.40. The number of methoxy groups -OCH3 is 1. The lowest BCUT2D eigenvalue weighted by molar-refractivity contribution is -0.121. The summed E-state index contributed by atoms with van der Waals surface area (Å²) in [7, 11) is 1.68. The number of carbonyl (C=O) groups is 1. The SMILES string of the molecule is COCCn1nc(C)c(CNC(=O)CCCOc2ccccc2C)c1C. The monoisotopic (exact) mass is 359 g/mol. The van der Waals surface area contributed by atoms with E-state index < -0.39 is 0 Å². The molecule has 1 amide bonds. The molecule has 26 heavy (non-hydrogen) atoms. The molecule has 0 saturated carbocycles. The minimum Gasteiger partial charge on any atom is -0.493 e. The maximum Gasteiger partial charge on any atom is 0.220 e. The van der Waals surface area contributed by atoms with Gasteiger partial charge in [0, 0.05) is 31.3 Å². The van der Waals surface area contributed by atoms with E-state index in [1.165, 1.54) is 0 Å². The average molecular weight is 359 g/mol.